The van der Waals surface area contributed by atoms with E-state index in [1.54, 1.807) is 0 Å². The molecule has 0 aromatic heterocycles. The molecule has 2 N–H and O–H groups in total. The lowest BCUT2D eigenvalue weighted by molar-refractivity contribution is -0.133. The molecule has 1 aliphatic heterocycles. The fourth-order valence-electron chi connectivity index (χ4n) is 2.96. The van der Waals surface area contributed by atoms with Gasteiger partial charge >= 0.3 is 0 Å². The van der Waals surface area contributed by atoms with Crippen LogP contribution < -0.4 is 10.7 Å². The first-order valence-electron chi connectivity index (χ1n) is 7.99. The van der Waals surface area contributed by atoms with E-state index in [0.717, 1.165) is 15.6 Å². The lowest BCUT2D eigenvalue weighted by Crippen LogP contribution is -2.35. The minimum atomic E-state index is -0.779. The van der Waals surface area contributed by atoms with Crippen LogP contribution in [0.3, 0.4) is 0 Å². The van der Waals surface area contributed by atoms with Crippen molar-refractivity contribution in [2.75, 3.05) is 6.54 Å². The van der Waals surface area contributed by atoms with E-state index >= 15 is 0 Å². The summed E-state index contributed by atoms with van der Waals surface area (Å²) in [6.07, 6.45) is 0. The molecule has 1 heterocycles. The second-order valence-electron chi connectivity index (χ2n) is 5.89. The summed E-state index contributed by atoms with van der Waals surface area (Å²) in [4.78, 5) is 24.7. The molecule has 0 spiro atoms. The molecule has 1 saturated heterocycles. The Kier molecular flexibility index (Phi) is 5.28. The number of hydrogen-bond donors (Lipinski definition) is 2. The van der Waals surface area contributed by atoms with Crippen molar-refractivity contribution in [2.24, 2.45) is 11.0 Å². The average molecular weight is 400 g/mol. The largest absolute Gasteiger partial charge is 0.355 e. The van der Waals surface area contributed by atoms with Gasteiger partial charge in [-0.25, -0.2) is 5.43 Å². The van der Waals surface area contributed by atoms with Crippen molar-refractivity contribution in [2.45, 2.75) is 12.8 Å². The van der Waals surface area contributed by atoms with Gasteiger partial charge in [-0.15, -0.1) is 0 Å². The first-order chi connectivity index (χ1) is 12.1. The standard InChI is InChI=1S/C19H18BrN3O2/c1-12(14-9-5-6-10-16(14)20)22-23-19(25)17-15(11-21-18(17)24)13-7-3-2-4-8-13/h2-10,15,17H,11H2,1H3,(H,21,24)(H,23,25). The van der Waals surface area contributed by atoms with Gasteiger partial charge in [0.25, 0.3) is 5.91 Å². The normalized spacial score (nSPS) is 20.2. The van der Waals surface area contributed by atoms with Crippen LogP contribution in [0.5, 0.6) is 0 Å². The number of nitrogens with one attached hydrogen (secondary N) is 2. The molecule has 2 atom stereocenters. The number of carbonyl (C=O) groups is 2. The van der Waals surface area contributed by atoms with Crippen LogP contribution in [0.4, 0.5) is 0 Å². The second kappa shape index (κ2) is 7.61. The third kappa shape index (κ3) is 3.79. The Labute approximate surface area is 154 Å². The number of hydrazone groups is 1. The minimum Gasteiger partial charge on any atom is -0.355 e. The van der Waals surface area contributed by atoms with Crippen LogP contribution in [0.1, 0.15) is 24.0 Å². The van der Waals surface area contributed by atoms with E-state index < -0.39 is 11.8 Å². The summed E-state index contributed by atoms with van der Waals surface area (Å²) in [7, 11) is 0. The number of benzene rings is 2. The van der Waals surface area contributed by atoms with Crippen molar-refractivity contribution in [3.8, 4) is 0 Å². The van der Waals surface area contributed by atoms with Gasteiger partial charge in [0.15, 0.2) is 0 Å². The maximum Gasteiger partial charge on any atom is 0.253 e. The molecule has 128 valence electrons. The molecule has 25 heavy (non-hydrogen) atoms. The summed E-state index contributed by atoms with van der Waals surface area (Å²) < 4.78 is 0.895. The SMILES string of the molecule is CC(=NNC(=O)C1C(=O)NCC1c1ccccc1)c1ccccc1Br. The van der Waals surface area contributed by atoms with Crippen LogP contribution in [0, 0.1) is 5.92 Å². The predicted molar refractivity (Wildman–Crippen MR) is 100 cm³/mol. The Balaban J connectivity index is 1.76. The smallest absolute Gasteiger partial charge is 0.253 e. The van der Waals surface area contributed by atoms with Crippen molar-refractivity contribution in [1.29, 1.82) is 0 Å². The Hall–Kier alpha value is -2.47. The molecule has 0 saturated carbocycles. The van der Waals surface area contributed by atoms with E-state index in [1.807, 2.05) is 61.5 Å². The van der Waals surface area contributed by atoms with E-state index in [2.05, 4.69) is 31.8 Å². The predicted octanol–water partition coefficient (Wildman–Crippen LogP) is 2.82. The first-order valence-corrected chi connectivity index (χ1v) is 8.79. The van der Waals surface area contributed by atoms with Crippen molar-refractivity contribution < 1.29 is 9.59 Å². The van der Waals surface area contributed by atoms with Crippen LogP contribution in [0.15, 0.2) is 64.2 Å². The quantitative estimate of drug-likeness (QED) is 0.471. The fraction of sp³-hybridized carbons (Fsp3) is 0.211. The molecule has 2 amide bonds. The zero-order valence-corrected chi connectivity index (χ0v) is 15.3. The van der Waals surface area contributed by atoms with E-state index in [-0.39, 0.29) is 11.8 Å². The van der Waals surface area contributed by atoms with Gasteiger partial charge in [-0.05, 0) is 18.6 Å². The number of hydrogen-bond acceptors (Lipinski definition) is 3. The lowest BCUT2D eigenvalue weighted by atomic mass is 9.88. The molecule has 2 aromatic rings. The zero-order valence-electron chi connectivity index (χ0n) is 13.7. The van der Waals surface area contributed by atoms with Gasteiger partial charge < -0.3 is 5.32 Å². The van der Waals surface area contributed by atoms with Gasteiger partial charge in [0.1, 0.15) is 5.92 Å². The Bertz CT molecular complexity index is 820. The molecule has 0 radical (unpaired) electrons. The summed E-state index contributed by atoms with van der Waals surface area (Å²) in [6, 6.07) is 17.2. The minimum absolute atomic E-state index is 0.187. The molecule has 2 unspecified atom stereocenters. The average Bonchev–Trinajstić information content (AvgIpc) is 3.02. The van der Waals surface area contributed by atoms with E-state index in [9.17, 15) is 9.59 Å². The highest BCUT2D eigenvalue weighted by Gasteiger charge is 2.40. The summed E-state index contributed by atoms with van der Waals surface area (Å²) in [5.41, 5.74) is 5.06. The second-order valence-corrected chi connectivity index (χ2v) is 6.75. The van der Waals surface area contributed by atoms with Gasteiger partial charge in [0, 0.05) is 22.5 Å². The summed E-state index contributed by atoms with van der Waals surface area (Å²) in [5, 5.41) is 6.94. The monoisotopic (exact) mass is 399 g/mol. The number of halogens is 1. The number of carbonyl (C=O) groups excluding carboxylic acids is 2. The lowest BCUT2D eigenvalue weighted by Gasteiger charge is -2.15. The molecule has 0 bridgehead atoms. The van der Waals surface area contributed by atoms with Crippen LogP contribution in [-0.2, 0) is 9.59 Å². The summed E-state index contributed by atoms with van der Waals surface area (Å²) >= 11 is 3.46. The van der Waals surface area contributed by atoms with Crippen molar-refractivity contribution in [3.63, 3.8) is 0 Å². The highest BCUT2D eigenvalue weighted by molar-refractivity contribution is 9.10. The van der Waals surface area contributed by atoms with Crippen molar-refractivity contribution >= 4 is 33.5 Å². The molecular weight excluding hydrogens is 382 g/mol. The molecular formula is C19H18BrN3O2. The Morgan fingerprint density at radius 3 is 2.56 bits per heavy atom. The number of amides is 2. The summed E-state index contributed by atoms with van der Waals surface area (Å²) in [6.45, 7) is 2.26. The first kappa shape index (κ1) is 17.4. The molecule has 0 aliphatic carbocycles. The highest BCUT2D eigenvalue weighted by Crippen LogP contribution is 2.29. The maximum absolute atomic E-state index is 12.6. The molecule has 1 fully saturated rings. The van der Waals surface area contributed by atoms with Crippen molar-refractivity contribution in [3.05, 3.63) is 70.2 Å². The maximum atomic E-state index is 12.6. The van der Waals surface area contributed by atoms with Crippen LogP contribution in [0.25, 0.3) is 0 Å². The number of rotatable bonds is 4. The van der Waals surface area contributed by atoms with Crippen LogP contribution >= 0.6 is 15.9 Å². The highest BCUT2D eigenvalue weighted by atomic mass is 79.9. The molecule has 6 heteroatoms. The van der Waals surface area contributed by atoms with Gasteiger partial charge in [-0.2, -0.15) is 5.10 Å². The molecule has 5 nitrogen and oxygen atoms in total. The van der Waals surface area contributed by atoms with E-state index in [1.165, 1.54) is 0 Å². The third-order valence-electron chi connectivity index (χ3n) is 4.29. The Morgan fingerprint density at radius 1 is 1.16 bits per heavy atom. The topological polar surface area (TPSA) is 70.6 Å². The van der Waals surface area contributed by atoms with Gasteiger partial charge in [-0.1, -0.05) is 64.5 Å². The van der Waals surface area contributed by atoms with Crippen LogP contribution in [0.2, 0.25) is 0 Å². The molecule has 1 aliphatic rings. The summed E-state index contributed by atoms with van der Waals surface area (Å²) in [5.74, 6) is -1.62. The van der Waals surface area contributed by atoms with E-state index in [0.29, 0.717) is 12.3 Å². The van der Waals surface area contributed by atoms with E-state index in [4.69, 9.17) is 0 Å². The number of nitrogens with zero attached hydrogens (tertiary/aromatic N) is 1. The molecule has 3 rings (SSSR count). The Morgan fingerprint density at radius 2 is 1.84 bits per heavy atom. The van der Waals surface area contributed by atoms with Crippen LogP contribution in [-0.4, -0.2) is 24.1 Å². The zero-order chi connectivity index (χ0) is 17.8. The third-order valence-corrected chi connectivity index (χ3v) is 4.98. The van der Waals surface area contributed by atoms with Gasteiger partial charge in [0.2, 0.25) is 5.91 Å². The van der Waals surface area contributed by atoms with Gasteiger partial charge in [0.05, 0.1) is 5.71 Å². The van der Waals surface area contributed by atoms with Crippen molar-refractivity contribution in [1.82, 2.24) is 10.7 Å². The van der Waals surface area contributed by atoms with Gasteiger partial charge in [-0.3, -0.25) is 9.59 Å². The molecule has 2 aromatic carbocycles. The fourth-order valence-corrected chi connectivity index (χ4v) is 3.53.